The molecule has 3 rings (SSSR count). The number of aliphatic hydroxyl groups is 1. The van der Waals surface area contributed by atoms with Crippen LogP contribution in [-0.4, -0.2) is 50.6 Å². The van der Waals surface area contributed by atoms with Crippen molar-refractivity contribution in [2.45, 2.75) is 24.9 Å². The Morgan fingerprint density at radius 1 is 1.53 bits per heavy atom. The summed E-state index contributed by atoms with van der Waals surface area (Å²) in [6, 6.07) is 0. The summed E-state index contributed by atoms with van der Waals surface area (Å²) in [5.41, 5.74) is 1.07. The number of ether oxygens (including phenoxy) is 1. The smallest absolute Gasteiger partial charge is 0.168 e. The van der Waals surface area contributed by atoms with Crippen molar-refractivity contribution < 1.29 is 14.2 Å². The first kappa shape index (κ1) is 12.2. The summed E-state index contributed by atoms with van der Waals surface area (Å²) in [5.74, 6) is 0.580. The van der Waals surface area contributed by atoms with Gasteiger partial charge in [0.1, 0.15) is 18.0 Å². The van der Waals surface area contributed by atoms with Gasteiger partial charge in [0.25, 0.3) is 0 Å². The number of halogens is 1. The van der Waals surface area contributed by atoms with Gasteiger partial charge in [-0.3, -0.25) is 4.57 Å². The summed E-state index contributed by atoms with van der Waals surface area (Å²) in [6.07, 6.45) is 0.562. The van der Waals surface area contributed by atoms with E-state index in [1.807, 2.05) is 0 Å². The number of aliphatic hydroxyl groups excluding tert-OH is 1. The molecule has 3 heterocycles. The first-order valence-electron chi connectivity index (χ1n) is 6.00. The maximum Gasteiger partial charge on any atom is 0.168 e. The molecule has 8 heteroatoms. The number of imidazole rings is 1. The molecule has 0 aromatic carbocycles. The number of nitrogens with zero attached hydrogens (tertiary/aromatic N) is 4. The first-order valence-corrected chi connectivity index (χ1v) is 6.00. The van der Waals surface area contributed by atoms with Crippen LogP contribution in [0, 0.1) is 0 Å². The molecule has 2 aromatic heterocycles. The van der Waals surface area contributed by atoms with Crippen molar-refractivity contribution in [1.82, 2.24) is 19.5 Å². The number of nitrogens with one attached hydrogen (secondary N) is 1. The van der Waals surface area contributed by atoms with Gasteiger partial charge in [-0.1, -0.05) is 0 Å². The fourth-order valence-electron chi connectivity index (χ4n) is 2.28. The summed E-state index contributed by atoms with van der Waals surface area (Å²) in [7, 11) is 1.73. The van der Waals surface area contributed by atoms with E-state index in [1.165, 1.54) is 17.2 Å². The number of aromatic nitrogens is 4. The van der Waals surface area contributed by atoms with Gasteiger partial charge in [-0.05, 0) is 0 Å². The van der Waals surface area contributed by atoms with E-state index in [9.17, 15) is 4.39 Å². The molecule has 0 spiro atoms. The highest BCUT2D eigenvalue weighted by atomic mass is 19.1. The second kappa shape index (κ2) is 4.71. The predicted octanol–water partition coefficient (Wildman–Crippen LogP) is 0.486. The van der Waals surface area contributed by atoms with Gasteiger partial charge in [-0.25, -0.2) is 19.3 Å². The van der Waals surface area contributed by atoms with Crippen molar-refractivity contribution in [3.05, 3.63) is 12.7 Å². The lowest BCUT2D eigenvalue weighted by molar-refractivity contribution is -0.0351. The van der Waals surface area contributed by atoms with E-state index in [0.29, 0.717) is 17.0 Å². The van der Waals surface area contributed by atoms with Crippen LogP contribution in [0.2, 0.25) is 0 Å². The molecule has 0 aliphatic carbocycles. The number of anilines is 1. The highest BCUT2D eigenvalue weighted by Gasteiger charge is 2.37. The summed E-state index contributed by atoms with van der Waals surface area (Å²) in [6.45, 7) is -0.194. The molecule has 102 valence electrons. The van der Waals surface area contributed by atoms with Crippen LogP contribution in [0.15, 0.2) is 12.7 Å². The summed E-state index contributed by atoms with van der Waals surface area (Å²) >= 11 is 0. The summed E-state index contributed by atoms with van der Waals surface area (Å²) in [5, 5.41) is 11.9. The number of fused-ring (bicyclic) bond motifs is 1. The van der Waals surface area contributed by atoms with Crippen molar-refractivity contribution >= 4 is 17.0 Å². The lowest BCUT2D eigenvalue weighted by Gasteiger charge is -2.15. The molecule has 1 aliphatic rings. The average Bonchev–Trinajstić information content (AvgIpc) is 3.01. The van der Waals surface area contributed by atoms with Crippen molar-refractivity contribution in [3.63, 3.8) is 0 Å². The molecular formula is C11H14FN5O2. The maximum atomic E-state index is 14.0. The number of hydrogen-bond acceptors (Lipinski definition) is 6. The lowest BCUT2D eigenvalue weighted by Crippen LogP contribution is -2.16. The van der Waals surface area contributed by atoms with Crippen LogP contribution in [0.4, 0.5) is 10.2 Å². The van der Waals surface area contributed by atoms with Gasteiger partial charge in [-0.2, -0.15) is 0 Å². The zero-order valence-electron chi connectivity index (χ0n) is 10.3. The second-order valence-electron chi connectivity index (χ2n) is 4.38. The maximum absolute atomic E-state index is 14.0. The fourth-order valence-corrected chi connectivity index (χ4v) is 2.28. The summed E-state index contributed by atoms with van der Waals surface area (Å²) in [4.78, 5) is 12.3. The van der Waals surface area contributed by atoms with Gasteiger partial charge >= 0.3 is 0 Å². The van der Waals surface area contributed by atoms with E-state index in [-0.39, 0.29) is 13.0 Å². The van der Waals surface area contributed by atoms with Crippen LogP contribution < -0.4 is 5.32 Å². The van der Waals surface area contributed by atoms with Gasteiger partial charge < -0.3 is 15.2 Å². The predicted molar refractivity (Wildman–Crippen MR) is 65.4 cm³/mol. The largest absolute Gasteiger partial charge is 0.394 e. The van der Waals surface area contributed by atoms with Crippen LogP contribution in [0.25, 0.3) is 11.2 Å². The number of rotatable bonds is 3. The third kappa shape index (κ3) is 1.92. The van der Waals surface area contributed by atoms with E-state index in [4.69, 9.17) is 9.84 Å². The fraction of sp³-hybridized carbons (Fsp3) is 0.545. The Labute approximate surface area is 108 Å². The minimum absolute atomic E-state index is 0.171. The van der Waals surface area contributed by atoms with Crippen LogP contribution in [0.3, 0.4) is 0 Å². The topological polar surface area (TPSA) is 85.1 Å². The van der Waals surface area contributed by atoms with Crippen LogP contribution in [0.1, 0.15) is 12.6 Å². The average molecular weight is 267 g/mol. The second-order valence-corrected chi connectivity index (χ2v) is 4.38. The number of hydrogen-bond donors (Lipinski definition) is 2. The van der Waals surface area contributed by atoms with E-state index in [1.54, 1.807) is 7.05 Å². The van der Waals surface area contributed by atoms with Gasteiger partial charge in [0, 0.05) is 13.5 Å². The Morgan fingerprint density at radius 2 is 2.37 bits per heavy atom. The third-order valence-corrected chi connectivity index (χ3v) is 3.20. The van der Waals surface area contributed by atoms with Crippen molar-refractivity contribution in [3.8, 4) is 0 Å². The zero-order valence-corrected chi connectivity index (χ0v) is 10.3. The monoisotopic (exact) mass is 267 g/mol. The lowest BCUT2D eigenvalue weighted by atomic mass is 10.2. The van der Waals surface area contributed by atoms with E-state index >= 15 is 0 Å². The van der Waals surface area contributed by atoms with Gasteiger partial charge in [0.05, 0.1) is 19.0 Å². The molecule has 7 nitrogen and oxygen atoms in total. The van der Waals surface area contributed by atoms with E-state index in [2.05, 4.69) is 20.3 Å². The molecule has 0 radical (unpaired) electrons. The molecule has 0 amide bonds. The molecular weight excluding hydrogens is 253 g/mol. The molecule has 19 heavy (non-hydrogen) atoms. The highest BCUT2D eigenvalue weighted by Crippen LogP contribution is 2.33. The molecule has 0 bridgehead atoms. The Morgan fingerprint density at radius 3 is 3.05 bits per heavy atom. The van der Waals surface area contributed by atoms with Gasteiger partial charge in [0.15, 0.2) is 17.7 Å². The minimum atomic E-state index is -1.19. The molecule has 1 fully saturated rings. The van der Waals surface area contributed by atoms with Gasteiger partial charge in [-0.15, -0.1) is 0 Å². The highest BCUT2D eigenvalue weighted by molar-refractivity contribution is 5.82. The van der Waals surface area contributed by atoms with E-state index in [0.717, 1.165) is 0 Å². The van der Waals surface area contributed by atoms with Crippen molar-refractivity contribution in [1.29, 1.82) is 0 Å². The normalized spacial score (nSPS) is 27.0. The molecule has 3 atom stereocenters. The Bertz CT molecular complexity index is 589. The third-order valence-electron chi connectivity index (χ3n) is 3.20. The van der Waals surface area contributed by atoms with Crippen LogP contribution >= 0.6 is 0 Å². The van der Waals surface area contributed by atoms with Crippen molar-refractivity contribution in [2.24, 2.45) is 0 Å². The standard InChI is InChI=1S/C11H14FN5O2/c1-13-9-8-10(15-4-14-9)17(5-16-8)11-7(12)2-6(3-18)19-11/h4-7,11,18H,2-3H2,1H3,(H,13,14,15)/t6-,7-,11-/m1/s1. The SMILES string of the molecule is CNc1ncnc2c1ncn2[C@@H]1O[C@@H](CO)C[C@H]1F. The molecule has 1 saturated heterocycles. The van der Waals surface area contributed by atoms with Crippen LogP contribution in [0.5, 0.6) is 0 Å². The molecule has 0 saturated carbocycles. The molecule has 0 unspecified atom stereocenters. The zero-order chi connectivity index (χ0) is 13.4. The Kier molecular flexibility index (Phi) is 3.03. The minimum Gasteiger partial charge on any atom is -0.394 e. The number of alkyl halides is 1. The quantitative estimate of drug-likeness (QED) is 0.841. The molecule has 2 aromatic rings. The first-order chi connectivity index (χ1) is 9.24. The Hall–Kier alpha value is -1.80. The van der Waals surface area contributed by atoms with E-state index < -0.39 is 18.5 Å². The van der Waals surface area contributed by atoms with Crippen molar-refractivity contribution in [2.75, 3.05) is 19.0 Å². The molecule has 1 aliphatic heterocycles. The van der Waals surface area contributed by atoms with Gasteiger partial charge in [0.2, 0.25) is 0 Å². The Balaban J connectivity index is 2.02. The molecule has 2 N–H and O–H groups in total. The van der Waals surface area contributed by atoms with Crippen LogP contribution in [-0.2, 0) is 4.74 Å². The summed E-state index contributed by atoms with van der Waals surface area (Å²) < 4.78 is 21.0.